The van der Waals surface area contributed by atoms with E-state index in [1.54, 1.807) is 28.8 Å². The minimum absolute atomic E-state index is 0.0783. The van der Waals surface area contributed by atoms with E-state index in [1.807, 2.05) is 26.0 Å². The zero-order valence-electron chi connectivity index (χ0n) is 20.1. The van der Waals surface area contributed by atoms with Crippen molar-refractivity contribution in [1.82, 2.24) is 9.29 Å². The summed E-state index contributed by atoms with van der Waals surface area (Å²) in [7, 11) is -3.72. The number of pyridine rings is 1. The number of hydrogen-bond donors (Lipinski definition) is 1. The van der Waals surface area contributed by atoms with Crippen molar-refractivity contribution in [2.24, 2.45) is 5.92 Å². The Bertz CT molecular complexity index is 1050. The highest BCUT2D eigenvalue weighted by Crippen LogP contribution is 2.36. The first-order chi connectivity index (χ1) is 15.7. The fourth-order valence-electron chi connectivity index (χ4n) is 4.31. The van der Waals surface area contributed by atoms with Gasteiger partial charge in [0.15, 0.2) is 0 Å². The topological polar surface area (TPSA) is 74.8 Å². The third-order valence-corrected chi connectivity index (χ3v) is 8.26. The van der Waals surface area contributed by atoms with Gasteiger partial charge in [-0.3, -0.25) is 4.98 Å². The molecule has 0 radical (unpaired) electrons. The second-order valence-electron chi connectivity index (χ2n) is 8.75. The van der Waals surface area contributed by atoms with Gasteiger partial charge in [0.05, 0.1) is 35.2 Å². The van der Waals surface area contributed by atoms with E-state index in [9.17, 15) is 8.42 Å². The first-order valence-electron chi connectivity index (χ1n) is 11.5. The lowest BCUT2D eigenvalue weighted by Gasteiger charge is -2.31. The fraction of sp³-hybridized carbons (Fsp3) is 0.542. The predicted octanol–water partition coefficient (Wildman–Crippen LogP) is 4.97. The molecule has 0 fully saturated rings. The van der Waals surface area contributed by atoms with Crippen LogP contribution in [0.2, 0.25) is 5.02 Å². The first kappa shape index (κ1) is 25.7. The molecular weight excluding hydrogens is 460 g/mol. The molecule has 0 spiro atoms. The number of benzene rings is 1. The minimum Gasteiger partial charge on any atom is -0.380 e. The van der Waals surface area contributed by atoms with Gasteiger partial charge >= 0.3 is 0 Å². The van der Waals surface area contributed by atoms with Crippen LogP contribution >= 0.6 is 11.6 Å². The molecule has 1 aromatic heterocycles. The Balaban J connectivity index is 1.85. The van der Waals surface area contributed by atoms with E-state index in [2.05, 4.69) is 36.0 Å². The molecule has 2 heterocycles. The van der Waals surface area contributed by atoms with Gasteiger partial charge in [-0.2, -0.15) is 4.31 Å². The molecule has 1 aliphatic heterocycles. The Morgan fingerprint density at radius 2 is 2.03 bits per heavy atom. The van der Waals surface area contributed by atoms with Crippen LogP contribution in [0.15, 0.2) is 41.6 Å². The third kappa shape index (κ3) is 5.80. The van der Waals surface area contributed by atoms with E-state index in [0.717, 1.165) is 23.4 Å². The lowest BCUT2D eigenvalue weighted by molar-refractivity contribution is 0.0901. The fourth-order valence-corrected chi connectivity index (χ4v) is 6.27. The van der Waals surface area contributed by atoms with Gasteiger partial charge in [-0.05, 0) is 49.9 Å². The number of hydrogen-bond acceptors (Lipinski definition) is 6. The Morgan fingerprint density at radius 3 is 2.67 bits per heavy atom. The molecule has 0 bridgehead atoms. The summed E-state index contributed by atoms with van der Waals surface area (Å²) in [6.07, 6.45) is 4.37. The van der Waals surface area contributed by atoms with Crippen LogP contribution in [0.25, 0.3) is 0 Å². The van der Waals surface area contributed by atoms with Gasteiger partial charge in [-0.1, -0.05) is 38.4 Å². The van der Waals surface area contributed by atoms with Crippen LogP contribution in [0.1, 0.15) is 46.6 Å². The lowest BCUT2D eigenvalue weighted by atomic mass is 10.0. The van der Waals surface area contributed by atoms with Crippen molar-refractivity contribution in [3.05, 3.63) is 47.2 Å². The highest BCUT2D eigenvalue weighted by molar-refractivity contribution is 7.89. The zero-order chi connectivity index (χ0) is 24.2. The van der Waals surface area contributed by atoms with Crippen molar-refractivity contribution < 1.29 is 13.2 Å². The largest absolute Gasteiger partial charge is 0.380 e. The van der Waals surface area contributed by atoms with Crippen LogP contribution in [0, 0.1) is 5.92 Å². The summed E-state index contributed by atoms with van der Waals surface area (Å²) in [5.41, 5.74) is 2.89. The zero-order valence-corrected chi connectivity index (χ0v) is 21.7. The van der Waals surface area contributed by atoms with E-state index in [0.29, 0.717) is 37.2 Å². The Hall–Kier alpha value is -1.87. The number of aromatic nitrogens is 1. The highest BCUT2D eigenvalue weighted by Gasteiger charge is 2.32. The summed E-state index contributed by atoms with van der Waals surface area (Å²) in [6.45, 7) is 11.9. The van der Waals surface area contributed by atoms with Gasteiger partial charge in [0.2, 0.25) is 10.0 Å². The van der Waals surface area contributed by atoms with Gasteiger partial charge in [0, 0.05) is 37.0 Å². The molecule has 182 valence electrons. The van der Waals surface area contributed by atoms with Gasteiger partial charge < -0.3 is 15.0 Å². The number of rotatable bonds is 11. The molecule has 7 nitrogen and oxygen atoms in total. The number of ether oxygens (including phenoxy) is 1. The second kappa shape index (κ2) is 11.0. The van der Waals surface area contributed by atoms with Crippen LogP contribution in [-0.4, -0.2) is 49.7 Å². The van der Waals surface area contributed by atoms with Crippen LogP contribution in [0.4, 0.5) is 11.4 Å². The van der Waals surface area contributed by atoms with Gasteiger partial charge in [-0.15, -0.1) is 0 Å². The second-order valence-corrected chi connectivity index (χ2v) is 11.0. The van der Waals surface area contributed by atoms with Crippen LogP contribution in [0.3, 0.4) is 0 Å². The van der Waals surface area contributed by atoms with E-state index in [1.165, 1.54) is 0 Å². The first-order valence-corrected chi connectivity index (χ1v) is 13.4. The number of nitrogens with one attached hydrogen (secondary N) is 1. The standard InChI is InChI=1S/C24H35ClN4O3S/c1-6-29(20(12-17(3)4)16-32-7-2)33(30,31)21-9-8-19(22(25)13-21)15-28-18(5)27-23-14-26-11-10-24(23)28/h8-11,13-14,17-18,20,27H,6-7,12,15-16H2,1-5H3/t18?,20-/m0/s1. The van der Waals surface area contributed by atoms with Crippen LogP contribution in [-0.2, 0) is 21.3 Å². The van der Waals surface area contributed by atoms with Crippen LogP contribution < -0.4 is 10.2 Å². The molecule has 1 unspecified atom stereocenters. The molecule has 2 aromatic rings. The SMILES string of the molecule is CCOC[C@H](CC(C)C)N(CC)S(=O)(=O)c1ccc(CN2c3ccncc3NC2C)c(Cl)c1. The van der Waals surface area contributed by atoms with Crippen molar-refractivity contribution in [1.29, 1.82) is 0 Å². The van der Waals surface area contributed by atoms with E-state index >= 15 is 0 Å². The van der Waals surface area contributed by atoms with Crippen molar-refractivity contribution >= 4 is 33.0 Å². The number of fused-ring (bicyclic) bond motifs is 1. The predicted molar refractivity (Wildman–Crippen MR) is 134 cm³/mol. The molecule has 1 aromatic carbocycles. The molecule has 0 aliphatic carbocycles. The molecule has 0 saturated carbocycles. The number of anilines is 2. The highest BCUT2D eigenvalue weighted by atomic mass is 35.5. The van der Waals surface area contributed by atoms with E-state index in [4.69, 9.17) is 16.3 Å². The van der Waals surface area contributed by atoms with Crippen LogP contribution in [0.5, 0.6) is 0 Å². The third-order valence-electron chi connectivity index (χ3n) is 5.89. The summed E-state index contributed by atoms with van der Waals surface area (Å²) in [4.78, 5) is 6.56. The average Bonchev–Trinajstić information content (AvgIpc) is 3.08. The minimum atomic E-state index is -3.72. The summed E-state index contributed by atoms with van der Waals surface area (Å²) >= 11 is 6.62. The smallest absolute Gasteiger partial charge is 0.243 e. The van der Waals surface area contributed by atoms with Gasteiger partial charge in [0.25, 0.3) is 0 Å². The average molecular weight is 495 g/mol. The molecule has 3 rings (SSSR count). The Morgan fingerprint density at radius 1 is 1.27 bits per heavy atom. The Labute approximate surface area is 203 Å². The quantitative estimate of drug-likeness (QED) is 0.475. The Kier molecular flexibility index (Phi) is 8.61. The van der Waals surface area contributed by atoms with Crippen molar-refractivity contribution in [3.8, 4) is 0 Å². The molecular formula is C24H35ClN4O3S. The lowest BCUT2D eigenvalue weighted by Crippen LogP contribution is -2.43. The molecule has 33 heavy (non-hydrogen) atoms. The summed E-state index contributed by atoms with van der Waals surface area (Å²) < 4.78 is 34.3. The maximum atomic E-state index is 13.6. The summed E-state index contributed by atoms with van der Waals surface area (Å²) in [5.74, 6) is 0.347. The molecule has 1 aliphatic rings. The normalized spacial score (nSPS) is 16.8. The number of nitrogens with zero attached hydrogens (tertiary/aromatic N) is 3. The molecule has 9 heteroatoms. The van der Waals surface area contributed by atoms with Crippen molar-refractivity contribution in [2.75, 3.05) is 30.0 Å². The number of likely N-dealkylation sites (N-methyl/N-ethyl adjacent to an activating group) is 1. The summed E-state index contributed by atoms with van der Waals surface area (Å²) in [5, 5.41) is 3.83. The maximum absolute atomic E-state index is 13.6. The maximum Gasteiger partial charge on any atom is 0.243 e. The van der Waals surface area contributed by atoms with Gasteiger partial charge in [0.1, 0.15) is 0 Å². The van der Waals surface area contributed by atoms with E-state index < -0.39 is 10.0 Å². The monoisotopic (exact) mass is 494 g/mol. The van der Waals surface area contributed by atoms with E-state index in [-0.39, 0.29) is 17.1 Å². The van der Waals surface area contributed by atoms with Crippen molar-refractivity contribution in [2.45, 2.75) is 64.7 Å². The number of halogens is 1. The van der Waals surface area contributed by atoms with Gasteiger partial charge in [-0.25, -0.2) is 8.42 Å². The summed E-state index contributed by atoms with van der Waals surface area (Å²) in [6, 6.07) is 6.79. The molecule has 1 N–H and O–H groups in total. The molecule has 0 saturated heterocycles. The van der Waals surface area contributed by atoms with Crippen molar-refractivity contribution in [3.63, 3.8) is 0 Å². The molecule has 0 amide bonds. The molecule has 2 atom stereocenters. The number of sulfonamides is 1.